The van der Waals surface area contributed by atoms with E-state index in [-0.39, 0.29) is 11.8 Å². The van der Waals surface area contributed by atoms with Gasteiger partial charge in [-0.3, -0.25) is 4.79 Å². The number of aliphatic carboxylic acids is 1. The van der Waals surface area contributed by atoms with E-state index in [1.807, 2.05) is 18.2 Å². The van der Waals surface area contributed by atoms with Crippen molar-refractivity contribution in [2.75, 3.05) is 11.9 Å². The number of benzene rings is 1. The molecule has 1 aromatic carbocycles. The molecule has 0 saturated carbocycles. The van der Waals surface area contributed by atoms with E-state index in [0.717, 1.165) is 41.5 Å². The Hall–Kier alpha value is -1.03. The summed E-state index contributed by atoms with van der Waals surface area (Å²) in [6.07, 6.45) is 3.15. The highest BCUT2D eigenvalue weighted by Crippen LogP contribution is 2.39. The molecule has 1 heterocycles. The van der Waals surface area contributed by atoms with E-state index in [4.69, 9.17) is 0 Å². The van der Waals surface area contributed by atoms with Crippen LogP contribution in [0.5, 0.6) is 0 Å². The number of carbonyl (C=O) groups is 1. The Balaban J connectivity index is 2.32. The van der Waals surface area contributed by atoms with Crippen molar-refractivity contribution >= 4 is 27.6 Å². The number of halogens is 1. The van der Waals surface area contributed by atoms with Crippen LogP contribution in [0.4, 0.5) is 5.69 Å². The maximum absolute atomic E-state index is 11.6. The van der Waals surface area contributed by atoms with Crippen molar-refractivity contribution in [3.05, 3.63) is 28.2 Å². The second-order valence-electron chi connectivity index (χ2n) is 4.83. The van der Waals surface area contributed by atoms with E-state index in [9.17, 15) is 9.90 Å². The summed E-state index contributed by atoms with van der Waals surface area (Å²) in [5.41, 5.74) is 1.86. The van der Waals surface area contributed by atoms with Crippen molar-refractivity contribution in [2.45, 2.75) is 32.1 Å². The smallest absolute Gasteiger partial charge is 0.311 e. The number of carboxylic acid groups (broad SMARTS) is 1. The first kappa shape index (κ1) is 13.4. The van der Waals surface area contributed by atoms with Gasteiger partial charge < -0.3 is 10.4 Å². The molecule has 2 atom stereocenters. The summed E-state index contributed by atoms with van der Waals surface area (Å²) in [5.74, 6) is -0.911. The third kappa shape index (κ3) is 2.69. The Labute approximate surface area is 116 Å². The van der Waals surface area contributed by atoms with E-state index in [1.165, 1.54) is 0 Å². The van der Waals surface area contributed by atoms with Crippen molar-refractivity contribution in [2.24, 2.45) is 5.92 Å². The van der Waals surface area contributed by atoms with Gasteiger partial charge in [-0.1, -0.05) is 35.7 Å². The van der Waals surface area contributed by atoms with Gasteiger partial charge in [-0.2, -0.15) is 0 Å². The predicted molar refractivity (Wildman–Crippen MR) is 76.0 cm³/mol. The molecule has 4 heteroatoms. The predicted octanol–water partition coefficient (Wildman–Crippen LogP) is 3.85. The molecule has 0 radical (unpaired) electrons. The molecular formula is C14H18BrNO2. The SMILES string of the molecule is CCCCC1CNc2ccc(Br)cc2C1C(=O)O. The van der Waals surface area contributed by atoms with Crippen molar-refractivity contribution < 1.29 is 9.90 Å². The third-order valence-corrected chi connectivity index (χ3v) is 4.06. The van der Waals surface area contributed by atoms with Gasteiger partial charge in [-0.25, -0.2) is 0 Å². The molecule has 18 heavy (non-hydrogen) atoms. The molecule has 0 saturated heterocycles. The minimum absolute atomic E-state index is 0.184. The molecule has 2 N–H and O–H groups in total. The molecule has 1 aliphatic heterocycles. The van der Waals surface area contributed by atoms with Crippen LogP contribution < -0.4 is 5.32 Å². The first-order chi connectivity index (χ1) is 8.63. The van der Waals surface area contributed by atoms with Crippen LogP contribution in [-0.4, -0.2) is 17.6 Å². The minimum Gasteiger partial charge on any atom is -0.481 e. The van der Waals surface area contributed by atoms with Crippen LogP contribution in [0, 0.1) is 5.92 Å². The average molecular weight is 312 g/mol. The Morgan fingerprint density at radius 3 is 3.00 bits per heavy atom. The zero-order valence-electron chi connectivity index (χ0n) is 10.4. The highest BCUT2D eigenvalue weighted by atomic mass is 79.9. The summed E-state index contributed by atoms with van der Waals surface area (Å²) >= 11 is 3.42. The molecule has 0 bridgehead atoms. The lowest BCUT2D eigenvalue weighted by Gasteiger charge is -2.32. The summed E-state index contributed by atoms with van der Waals surface area (Å²) < 4.78 is 0.936. The Kier molecular flexibility index (Phi) is 4.27. The van der Waals surface area contributed by atoms with Gasteiger partial charge in [0.05, 0.1) is 5.92 Å². The average Bonchev–Trinajstić information content (AvgIpc) is 2.34. The fraction of sp³-hybridized carbons (Fsp3) is 0.500. The van der Waals surface area contributed by atoms with Crippen molar-refractivity contribution in [1.82, 2.24) is 0 Å². The summed E-state index contributed by atoms with van der Waals surface area (Å²) in [7, 11) is 0. The normalized spacial score (nSPS) is 22.1. The zero-order chi connectivity index (χ0) is 13.1. The van der Waals surface area contributed by atoms with Crippen LogP contribution in [0.25, 0.3) is 0 Å². The van der Waals surface area contributed by atoms with Gasteiger partial charge in [-0.05, 0) is 36.1 Å². The largest absolute Gasteiger partial charge is 0.481 e. The maximum Gasteiger partial charge on any atom is 0.311 e. The topological polar surface area (TPSA) is 49.3 Å². The van der Waals surface area contributed by atoms with Crippen molar-refractivity contribution in [3.8, 4) is 0 Å². The molecule has 2 unspecified atom stereocenters. The number of rotatable bonds is 4. The molecule has 1 aromatic rings. The van der Waals surface area contributed by atoms with Crippen LogP contribution in [0.1, 0.15) is 37.7 Å². The number of hydrogen-bond acceptors (Lipinski definition) is 2. The van der Waals surface area contributed by atoms with Gasteiger partial charge in [0, 0.05) is 16.7 Å². The Bertz CT molecular complexity index is 447. The van der Waals surface area contributed by atoms with Crippen LogP contribution in [0.2, 0.25) is 0 Å². The van der Waals surface area contributed by atoms with E-state index in [0.29, 0.717) is 0 Å². The summed E-state index contributed by atoms with van der Waals surface area (Å²) in [6, 6.07) is 5.82. The lowest BCUT2D eigenvalue weighted by molar-refractivity contribution is -0.140. The number of anilines is 1. The van der Waals surface area contributed by atoms with E-state index in [1.54, 1.807) is 0 Å². The minimum atomic E-state index is -0.711. The van der Waals surface area contributed by atoms with Crippen LogP contribution in [-0.2, 0) is 4.79 Å². The third-order valence-electron chi connectivity index (χ3n) is 3.57. The molecule has 2 rings (SSSR count). The fourth-order valence-corrected chi connectivity index (χ4v) is 3.01. The molecule has 0 aromatic heterocycles. The first-order valence-electron chi connectivity index (χ1n) is 6.39. The molecule has 98 valence electrons. The number of unbranched alkanes of at least 4 members (excludes halogenated alkanes) is 1. The van der Waals surface area contributed by atoms with Gasteiger partial charge in [0.15, 0.2) is 0 Å². The monoisotopic (exact) mass is 311 g/mol. The van der Waals surface area contributed by atoms with Gasteiger partial charge >= 0.3 is 5.97 Å². The number of nitrogens with one attached hydrogen (secondary N) is 1. The van der Waals surface area contributed by atoms with Gasteiger partial charge in [0.1, 0.15) is 0 Å². The summed E-state index contributed by atoms with van der Waals surface area (Å²) in [4.78, 5) is 11.6. The quantitative estimate of drug-likeness (QED) is 0.888. The summed E-state index contributed by atoms with van der Waals surface area (Å²) in [6.45, 7) is 2.89. The van der Waals surface area contributed by atoms with Gasteiger partial charge in [-0.15, -0.1) is 0 Å². The highest BCUT2D eigenvalue weighted by molar-refractivity contribution is 9.10. The lowest BCUT2D eigenvalue weighted by Crippen LogP contribution is -2.32. The van der Waals surface area contributed by atoms with Crippen LogP contribution >= 0.6 is 15.9 Å². The highest BCUT2D eigenvalue weighted by Gasteiger charge is 2.34. The second-order valence-corrected chi connectivity index (χ2v) is 5.75. The molecule has 1 aliphatic rings. The number of fused-ring (bicyclic) bond motifs is 1. The van der Waals surface area contributed by atoms with Crippen molar-refractivity contribution in [3.63, 3.8) is 0 Å². The summed E-state index contributed by atoms with van der Waals surface area (Å²) in [5, 5.41) is 12.9. The second kappa shape index (κ2) is 5.74. The molecule has 0 fully saturated rings. The Morgan fingerprint density at radius 1 is 1.56 bits per heavy atom. The van der Waals surface area contributed by atoms with E-state index >= 15 is 0 Å². The maximum atomic E-state index is 11.6. The number of carboxylic acids is 1. The molecule has 0 amide bonds. The van der Waals surface area contributed by atoms with Crippen LogP contribution in [0.3, 0.4) is 0 Å². The zero-order valence-corrected chi connectivity index (χ0v) is 12.0. The molecular weight excluding hydrogens is 294 g/mol. The molecule has 0 aliphatic carbocycles. The Morgan fingerprint density at radius 2 is 2.33 bits per heavy atom. The first-order valence-corrected chi connectivity index (χ1v) is 7.19. The number of hydrogen-bond donors (Lipinski definition) is 2. The fourth-order valence-electron chi connectivity index (χ4n) is 2.63. The molecule has 0 spiro atoms. The standard InChI is InChI=1S/C14H18BrNO2/c1-2-3-4-9-8-16-12-6-5-10(15)7-11(12)13(9)14(17)18/h5-7,9,13,16H,2-4,8H2,1H3,(H,17,18). The lowest BCUT2D eigenvalue weighted by atomic mass is 9.79. The van der Waals surface area contributed by atoms with Crippen molar-refractivity contribution in [1.29, 1.82) is 0 Å². The van der Waals surface area contributed by atoms with Gasteiger partial charge in [0.25, 0.3) is 0 Å². The van der Waals surface area contributed by atoms with Crippen LogP contribution in [0.15, 0.2) is 22.7 Å². The van der Waals surface area contributed by atoms with Gasteiger partial charge in [0.2, 0.25) is 0 Å². The van der Waals surface area contributed by atoms with E-state index in [2.05, 4.69) is 28.2 Å². The van der Waals surface area contributed by atoms with E-state index < -0.39 is 5.97 Å². The molecule has 3 nitrogen and oxygen atoms in total.